The van der Waals surface area contributed by atoms with Crippen LogP contribution in [0.1, 0.15) is 121 Å². The molecule has 9 heterocycles. The number of nitrogens with one attached hydrogen (secondary N) is 4. The first-order valence-electron chi connectivity index (χ1n) is 25.2. The van der Waals surface area contributed by atoms with Crippen molar-refractivity contribution in [1.29, 1.82) is 0 Å². The molecule has 1 aromatic carbocycles. The molecule has 5 aliphatic rings. The smallest absolute Gasteiger partial charge is 0.413 e. The highest BCUT2D eigenvalue weighted by Gasteiger charge is 2.31. The number of carbonyl (C=O) groups excluding carboxylic acids is 4. The molecule has 2 fully saturated rings. The van der Waals surface area contributed by atoms with Gasteiger partial charge in [0, 0.05) is 62.0 Å². The lowest BCUT2D eigenvalue weighted by Crippen LogP contribution is -2.47. The van der Waals surface area contributed by atoms with Crippen molar-refractivity contribution in [2.45, 2.75) is 110 Å². The van der Waals surface area contributed by atoms with Crippen molar-refractivity contribution >= 4 is 58.5 Å². The maximum absolute atomic E-state index is 15.4. The molecule has 0 radical (unpaired) electrons. The van der Waals surface area contributed by atoms with Gasteiger partial charge in [0.1, 0.15) is 35.5 Å². The summed E-state index contributed by atoms with van der Waals surface area (Å²) < 4.78 is 27.2. The zero-order valence-corrected chi connectivity index (χ0v) is 42.3. The first-order valence-corrected chi connectivity index (χ1v) is 25.2. The van der Waals surface area contributed by atoms with Crippen molar-refractivity contribution in [2.24, 2.45) is 7.05 Å². The molecule has 5 aliphatic heterocycles. The summed E-state index contributed by atoms with van der Waals surface area (Å²) in [5.74, 6) is 0.387. The molecule has 0 spiro atoms. The van der Waals surface area contributed by atoms with Crippen LogP contribution >= 0.6 is 0 Å². The van der Waals surface area contributed by atoms with Gasteiger partial charge in [-0.15, -0.1) is 10.2 Å². The molecule has 4 amide bonds. The minimum absolute atomic E-state index is 0.0462. The predicted octanol–water partition coefficient (Wildman–Crippen LogP) is 6.62. The zero-order chi connectivity index (χ0) is 51.1. The summed E-state index contributed by atoms with van der Waals surface area (Å²) in [7, 11) is 2.05. The van der Waals surface area contributed by atoms with Gasteiger partial charge in [0.15, 0.2) is 18.6 Å². The van der Waals surface area contributed by atoms with Crippen molar-refractivity contribution in [2.75, 3.05) is 48.7 Å². The Morgan fingerprint density at radius 3 is 2.53 bits per heavy atom. The Bertz CT molecular complexity index is 3090. The van der Waals surface area contributed by atoms with E-state index in [1.807, 2.05) is 40.8 Å². The van der Waals surface area contributed by atoms with Crippen LogP contribution in [0.4, 0.5) is 26.5 Å². The summed E-state index contributed by atoms with van der Waals surface area (Å²) in [5.41, 5.74) is 9.89. The van der Waals surface area contributed by atoms with E-state index < -0.39 is 17.7 Å². The number of hydrogen-bond acceptors (Lipinski definition) is 12. The fraction of sp³-hybridized carbons (Fsp3) is 0.426. The van der Waals surface area contributed by atoms with E-state index in [2.05, 4.69) is 90.0 Å². The Kier molecular flexibility index (Phi) is 13.6. The fourth-order valence-corrected chi connectivity index (χ4v) is 10.5. The van der Waals surface area contributed by atoms with E-state index in [1.54, 1.807) is 33.0 Å². The summed E-state index contributed by atoms with van der Waals surface area (Å²) in [6.07, 6.45) is 10.7. The van der Waals surface area contributed by atoms with Crippen molar-refractivity contribution in [3.05, 3.63) is 123 Å². The molecule has 0 bridgehead atoms. The maximum atomic E-state index is 15.4. The number of anilines is 3. The monoisotopic (exact) mass is 993 g/mol. The SMILES string of the molecule is Cc1cc(C(=O)N2CCn3nc(CN4CCC(c5ccc(NC6CCC(=O)NC6=O)cc5F)CC4)cc3C2)cnc1C1=CC[N+](=Cc2cc3c(n2C)NC(C)C=C3c2ccc(NC(=O)OC(C)(C)C)nn2)CC1. The van der Waals surface area contributed by atoms with Crippen molar-refractivity contribution in [1.82, 2.24) is 44.6 Å². The summed E-state index contributed by atoms with van der Waals surface area (Å²) in [4.78, 5) is 59.0. The number of nitrogens with zero attached hydrogens (tertiary/aromatic N) is 9. The number of hydrogen-bond donors (Lipinski definition) is 4. The largest absolute Gasteiger partial charge is 0.444 e. The van der Waals surface area contributed by atoms with Gasteiger partial charge in [0.2, 0.25) is 11.8 Å². The van der Waals surface area contributed by atoms with Crippen LogP contribution < -0.4 is 21.3 Å². The summed E-state index contributed by atoms with van der Waals surface area (Å²) in [6.45, 7) is 15.0. The van der Waals surface area contributed by atoms with Gasteiger partial charge in [-0.3, -0.25) is 39.6 Å². The number of amides is 4. The zero-order valence-electron chi connectivity index (χ0n) is 42.3. The quantitative estimate of drug-likeness (QED) is 0.0864. The number of likely N-dealkylation sites (tertiary alicyclic amines) is 1. The standard InChI is InChI=1S/C54H62FN13O5/c1-32-23-36(52(71)67-21-22-68-40(31-67)25-38(63-68)29-65-17-13-34(14-18-65)41-8-7-37(26-44(41)55)58-46-10-12-48(69)60-51(46)70)28-56-49(32)35-15-19-66(20-16-35)30-39-27-43-42(24-33(2)57-50(43)64(39)6)45-9-11-47(62-61-45)59-53(72)73-54(3,4)5/h7-9,11,15,23-28,30,33-34,46,58H,10,12-14,16-22,29,31H2,1-6H3,(H2,59,60,62,69,70,72)/p+1. The molecule has 380 valence electrons. The molecule has 2 atom stereocenters. The van der Waals surface area contributed by atoms with E-state index >= 15 is 4.39 Å². The topological polar surface area (TPSA) is 197 Å². The highest BCUT2D eigenvalue weighted by molar-refractivity contribution is 6.01. The van der Waals surface area contributed by atoms with E-state index in [1.165, 1.54) is 6.07 Å². The lowest BCUT2D eigenvalue weighted by molar-refractivity contribution is -0.514. The van der Waals surface area contributed by atoms with E-state index in [4.69, 9.17) is 14.8 Å². The molecule has 4 aromatic heterocycles. The van der Waals surface area contributed by atoms with Crippen LogP contribution in [0.15, 0.2) is 66.9 Å². The van der Waals surface area contributed by atoms with Gasteiger partial charge < -0.3 is 24.8 Å². The van der Waals surface area contributed by atoms with Gasteiger partial charge in [-0.25, -0.2) is 13.8 Å². The molecular weight excluding hydrogens is 930 g/mol. The Labute approximate surface area is 423 Å². The Hall–Kier alpha value is -7.54. The number of fused-ring (bicyclic) bond motifs is 2. The number of rotatable bonds is 10. The number of aromatic nitrogens is 6. The van der Waals surface area contributed by atoms with Gasteiger partial charge in [-0.1, -0.05) is 12.1 Å². The molecule has 73 heavy (non-hydrogen) atoms. The summed E-state index contributed by atoms with van der Waals surface area (Å²) in [5, 5.41) is 25.3. The predicted molar refractivity (Wildman–Crippen MR) is 275 cm³/mol. The third kappa shape index (κ3) is 11.0. The van der Waals surface area contributed by atoms with Crippen LogP contribution in [-0.2, 0) is 41.0 Å². The van der Waals surface area contributed by atoms with Gasteiger partial charge in [0.05, 0.1) is 41.4 Å². The number of ether oxygens (including phenoxy) is 1. The number of aryl methyl sites for hydroxylation is 1. The van der Waals surface area contributed by atoms with Crippen molar-refractivity contribution < 1.29 is 32.9 Å². The van der Waals surface area contributed by atoms with Gasteiger partial charge >= 0.3 is 6.09 Å². The van der Waals surface area contributed by atoms with Crippen LogP contribution in [-0.4, -0.2) is 124 Å². The molecule has 5 aromatic rings. The second-order valence-corrected chi connectivity index (χ2v) is 20.8. The average Bonchev–Trinajstić information content (AvgIpc) is 3.90. The first kappa shape index (κ1) is 49.1. The molecule has 2 saturated heterocycles. The highest BCUT2D eigenvalue weighted by Crippen LogP contribution is 2.36. The molecule has 10 rings (SSSR count). The number of benzene rings is 1. The number of imide groups is 1. The molecule has 19 heteroatoms. The lowest BCUT2D eigenvalue weighted by Gasteiger charge is -2.32. The molecule has 0 saturated carbocycles. The number of pyridine rings is 1. The molecule has 2 unspecified atom stereocenters. The van der Waals surface area contributed by atoms with Crippen molar-refractivity contribution in [3.8, 4) is 0 Å². The Morgan fingerprint density at radius 1 is 1.00 bits per heavy atom. The molecule has 4 N–H and O–H groups in total. The minimum Gasteiger partial charge on any atom is -0.444 e. The van der Waals surface area contributed by atoms with Crippen LogP contribution in [0.25, 0.3) is 11.1 Å². The van der Waals surface area contributed by atoms with Gasteiger partial charge in [0.25, 0.3) is 5.91 Å². The van der Waals surface area contributed by atoms with E-state index in [0.717, 1.165) is 89.8 Å². The van der Waals surface area contributed by atoms with Crippen LogP contribution in [0.2, 0.25) is 0 Å². The molecule has 0 aliphatic carbocycles. The lowest BCUT2D eigenvalue weighted by atomic mass is 9.89. The van der Waals surface area contributed by atoms with Crippen LogP contribution in [0.3, 0.4) is 0 Å². The molecular formula is C54H63FN13O5+. The van der Waals surface area contributed by atoms with Gasteiger partial charge in [-0.2, -0.15) is 5.10 Å². The Balaban J connectivity index is 0.720. The first-order chi connectivity index (χ1) is 35.0. The number of carbonyl (C=O) groups is 4. The third-order valence-corrected chi connectivity index (χ3v) is 14.2. The highest BCUT2D eigenvalue weighted by atomic mass is 19.1. The second-order valence-electron chi connectivity index (χ2n) is 20.8. The molecule has 18 nitrogen and oxygen atoms in total. The maximum Gasteiger partial charge on any atom is 0.413 e. The third-order valence-electron chi connectivity index (χ3n) is 14.2. The minimum atomic E-state index is -0.626. The van der Waals surface area contributed by atoms with Crippen LogP contribution in [0, 0.1) is 12.7 Å². The number of halogens is 1. The fourth-order valence-electron chi connectivity index (χ4n) is 10.5. The van der Waals surface area contributed by atoms with E-state index in [-0.39, 0.29) is 41.9 Å². The van der Waals surface area contributed by atoms with Crippen LogP contribution in [0.5, 0.6) is 0 Å². The normalized spacial score (nSPS) is 20.1. The second kappa shape index (κ2) is 20.2. The number of piperidine rings is 2. The van der Waals surface area contributed by atoms with Crippen molar-refractivity contribution in [3.63, 3.8) is 0 Å². The average molecular weight is 993 g/mol. The van der Waals surface area contributed by atoms with E-state index in [0.29, 0.717) is 67.5 Å². The van der Waals surface area contributed by atoms with E-state index in [9.17, 15) is 19.2 Å². The van der Waals surface area contributed by atoms with Gasteiger partial charge in [-0.05, 0) is 138 Å². The summed E-state index contributed by atoms with van der Waals surface area (Å²) >= 11 is 0. The summed E-state index contributed by atoms with van der Waals surface area (Å²) in [6, 6.07) is 14.4. The Morgan fingerprint density at radius 2 is 1.82 bits per heavy atom.